The zero-order chi connectivity index (χ0) is 24.4. The highest BCUT2D eigenvalue weighted by molar-refractivity contribution is 6.05. The topological polar surface area (TPSA) is 115 Å². The monoisotopic (exact) mass is 473 g/mol. The van der Waals surface area contributed by atoms with Crippen molar-refractivity contribution in [3.63, 3.8) is 0 Å². The highest BCUT2D eigenvalue weighted by Gasteiger charge is 2.18. The average molecular weight is 473 g/mol. The molecule has 0 atom stereocenters. The first kappa shape index (κ1) is 22.4. The lowest BCUT2D eigenvalue weighted by Gasteiger charge is -2.10. The molecule has 35 heavy (non-hydrogen) atoms. The zero-order valence-electron chi connectivity index (χ0n) is 19.2. The van der Waals surface area contributed by atoms with Gasteiger partial charge in [0, 0.05) is 28.9 Å². The number of aryl methyl sites for hydroxylation is 1. The number of aliphatic hydroxyl groups excluding tert-OH is 1. The van der Waals surface area contributed by atoms with Crippen LogP contribution in [0.15, 0.2) is 64.1 Å². The molecule has 0 unspecified atom stereocenters. The molecule has 1 aliphatic rings. The SMILES string of the molecule is CCOc1ccc(N=c2oc3c(C)ncc(CO)c3cc2C(=O)Nc2ccc3c(c2)OCO3)cc1. The summed E-state index contributed by atoms with van der Waals surface area (Å²) in [5, 5.41) is 13.3. The molecule has 9 nitrogen and oxygen atoms in total. The number of amides is 1. The molecule has 1 aliphatic heterocycles. The predicted octanol–water partition coefficient (Wildman–Crippen LogP) is 4.24. The molecular weight excluding hydrogens is 450 g/mol. The average Bonchev–Trinajstić information content (AvgIpc) is 3.33. The fourth-order valence-electron chi connectivity index (χ4n) is 3.73. The molecule has 0 saturated heterocycles. The Bertz CT molecular complexity index is 1480. The number of rotatable bonds is 6. The summed E-state index contributed by atoms with van der Waals surface area (Å²) in [5.74, 6) is 1.45. The van der Waals surface area contributed by atoms with Gasteiger partial charge in [0.25, 0.3) is 5.91 Å². The maximum Gasteiger partial charge on any atom is 0.261 e. The van der Waals surface area contributed by atoms with E-state index < -0.39 is 5.91 Å². The fraction of sp³-hybridized carbons (Fsp3) is 0.192. The van der Waals surface area contributed by atoms with Gasteiger partial charge >= 0.3 is 0 Å². The Labute approximate surface area is 200 Å². The van der Waals surface area contributed by atoms with Crippen LogP contribution in [0.5, 0.6) is 17.2 Å². The molecule has 0 saturated carbocycles. The van der Waals surface area contributed by atoms with Crippen LogP contribution in [-0.2, 0) is 6.61 Å². The van der Waals surface area contributed by atoms with Gasteiger partial charge in [0.1, 0.15) is 11.3 Å². The number of nitrogens with zero attached hydrogens (tertiary/aromatic N) is 2. The van der Waals surface area contributed by atoms with Crippen molar-refractivity contribution in [1.29, 1.82) is 0 Å². The van der Waals surface area contributed by atoms with Crippen molar-refractivity contribution in [3.8, 4) is 17.2 Å². The Morgan fingerprint density at radius 1 is 1.14 bits per heavy atom. The van der Waals surface area contributed by atoms with E-state index in [2.05, 4.69) is 15.3 Å². The summed E-state index contributed by atoms with van der Waals surface area (Å²) in [4.78, 5) is 22.3. The number of pyridine rings is 1. The third-order valence-corrected chi connectivity index (χ3v) is 5.47. The Balaban J connectivity index is 1.61. The molecule has 2 aromatic heterocycles. The Morgan fingerprint density at radius 3 is 2.71 bits per heavy atom. The summed E-state index contributed by atoms with van der Waals surface area (Å²) in [6.07, 6.45) is 1.57. The minimum absolute atomic E-state index is 0.111. The van der Waals surface area contributed by atoms with Gasteiger partial charge in [-0.3, -0.25) is 9.78 Å². The molecular formula is C26H23N3O6. The molecule has 0 aliphatic carbocycles. The van der Waals surface area contributed by atoms with E-state index in [0.717, 1.165) is 5.75 Å². The van der Waals surface area contributed by atoms with E-state index in [1.165, 1.54) is 0 Å². The van der Waals surface area contributed by atoms with Crippen LogP contribution in [0.25, 0.3) is 11.0 Å². The Hall–Kier alpha value is -4.37. The van der Waals surface area contributed by atoms with Gasteiger partial charge in [0.2, 0.25) is 12.3 Å². The zero-order valence-corrected chi connectivity index (χ0v) is 19.2. The van der Waals surface area contributed by atoms with Gasteiger partial charge < -0.3 is 29.1 Å². The van der Waals surface area contributed by atoms with Crippen LogP contribution in [0.4, 0.5) is 11.4 Å². The summed E-state index contributed by atoms with van der Waals surface area (Å²) in [5.41, 5.74) is 3.02. The molecule has 1 amide bonds. The lowest BCUT2D eigenvalue weighted by Crippen LogP contribution is -2.22. The summed E-state index contributed by atoms with van der Waals surface area (Å²) >= 11 is 0. The van der Waals surface area contributed by atoms with E-state index in [0.29, 0.717) is 51.7 Å². The second-order valence-electron chi connectivity index (χ2n) is 7.80. The summed E-state index contributed by atoms with van der Waals surface area (Å²) in [7, 11) is 0. The standard InChI is InChI=1S/C26H23N3O6/c1-3-32-19-7-4-17(5-8-19)29-26-21(11-20-16(13-30)12-27-15(2)24(20)35-26)25(31)28-18-6-9-22-23(10-18)34-14-33-22/h4-12,30H,3,13-14H2,1-2H3,(H,28,31). The number of benzene rings is 2. The normalized spacial score (nSPS) is 12.7. The second-order valence-corrected chi connectivity index (χ2v) is 7.80. The number of aromatic nitrogens is 1. The maximum absolute atomic E-state index is 13.4. The minimum Gasteiger partial charge on any atom is -0.494 e. The number of hydrogen-bond acceptors (Lipinski definition) is 8. The molecule has 4 aromatic rings. The maximum atomic E-state index is 13.4. The summed E-state index contributed by atoms with van der Waals surface area (Å²) < 4.78 is 22.3. The quantitative estimate of drug-likeness (QED) is 0.430. The van der Waals surface area contributed by atoms with Crippen LogP contribution in [0.3, 0.4) is 0 Å². The number of anilines is 1. The van der Waals surface area contributed by atoms with Gasteiger partial charge in [0.15, 0.2) is 17.1 Å². The number of ether oxygens (including phenoxy) is 3. The molecule has 0 spiro atoms. The van der Waals surface area contributed by atoms with Crippen LogP contribution in [-0.4, -0.2) is 29.4 Å². The molecule has 0 fully saturated rings. The number of carbonyl (C=O) groups excluding carboxylic acids is 1. The van der Waals surface area contributed by atoms with E-state index in [1.54, 1.807) is 61.7 Å². The van der Waals surface area contributed by atoms with Crippen molar-refractivity contribution in [2.24, 2.45) is 4.99 Å². The van der Waals surface area contributed by atoms with Crippen LogP contribution in [0, 0.1) is 6.92 Å². The van der Waals surface area contributed by atoms with Crippen molar-refractivity contribution >= 4 is 28.3 Å². The largest absolute Gasteiger partial charge is 0.494 e. The van der Waals surface area contributed by atoms with Crippen molar-refractivity contribution in [2.75, 3.05) is 18.7 Å². The Kier molecular flexibility index (Phi) is 6.07. The highest BCUT2D eigenvalue weighted by atomic mass is 16.7. The van der Waals surface area contributed by atoms with Crippen molar-refractivity contribution in [3.05, 3.63) is 77.1 Å². The molecule has 5 rings (SSSR count). The second kappa shape index (κ2) is 9.47. The molecule has 178 valence electrons. The fourth-order valence-corrected chi connectivity index (χ4v) is 3.73. The number of hydrogen-bond donors (Lipinski definition) is 2. The molecule has 2 aromatic carbocycles. The lowest BCUT2D eigenvalue weighted by molar-refractivity contribution is 0.102. The summed E-state index contributed by atoms with van der Waals surface area (Å²) in [6, 6.07) is 14.0. The number of aliphatic hydroxyl groups is 1. The molecule has 2 N–H and O–H groups in total. The van der Waals surface area contributed by atoms with Crippen molar-refractivity contribution in [2.45, 2.75) is 20.5 Å². The van der Waals surface area contributed by atoms with Crippen LogP contribution in [0.1, 0.15) is 28.5 Å². The van der Waals surface area contributed by atoms with E-state index in [-0.39, 0.29) is 24.5 Å². The minimum atomic E-state index is -0.433. The molecule has 0 bridgehead atoms. The Morgan fingerprint density at radius 2 is 1.94 bits per heavy atom. The lowest BCUT2D eigenvalue weighted by atomic mass is 10.1. The van der Waals surface area contributed by atoms with E-state index in [1.807, 2.05) is 6.92 Å². The van der Waals surface area contributed by atoms with Crippen molar-refractivity contribution < 1.29 is 28.5 Å². The van der Waals surface area contributed by atoms with E-state index >= 15 is 0 Å². The number of carbonyl (C=O) groups is 1. The van der Waals surface area contributed by atoms with Gasteiger partial charge in [-0.1, -0.05) is 0 Å². The van der Waals surface area contributed by atoms with E-state index in [4.69, 9.17) is 18.6 Å². The smallest absolute Gasteiger partial charge is 0.261 e. The van der Waals surface area contributed by atoms with Crippen LogP contribution >= 0.6 is 0 Å². The van der Waals surface area contributed by atoms with Gasteiger partial charge in [-0.2, -0.15) is 0 Å². The first-order valence-electron chi connectivity index (χ1n) is 11.1. The third-order valence-electron chi connectivity index (χ3n) is 5.47. The van der Waals surface area contributed by atoms with Gasteiger partial charge in [-0.05, 0) is 56.3 Å². The highest BCUT2D eigenvalue weighted by Crippen LogP contribution is 2.34. The third kappa shape index (κ3) is 4.53. The number of nitrogens with one attached hydrogen (secondary N) is 1. The predicted molar refractivity (Wildman–Crippen MR) is 128 cm³/mol. The van der Waals surface area contributed by atoms with Gasteiger partial charge in [-0.15, -0.1) is 0 Å². The van der Waals surface area contributed by atoms with Gasteiger partial charge in [0.05, 0.1) is 24.6 Å². The first-order valence-corrected chi connectivity index (χ1v) is 11.1. The molecule has 3 heterocycles. The number of fused-ring (bicyclic) bond motifs is 2. The van der Waals surface area contributed by atoms with Crippen LogP contribution in [0.2, 0.25) is 0 Å². The first-order chi connectivity index (χ1) is 17.1. The van der Waals surface area contributed by atoms with E-state index in [9.17, 15) is 9.90 Å². The molecule has 0 radical (unpaired) electrons. The van der Waals surface area contributed by atoms with Gasteiger partial charge in [-0.25, -0.2) is 4.99 Å². The molecule has 9 heteroatoms. The van der Waals surface area contributed by atoms with Crippen molar-refractivity contribution in [1.82, 2.24) is 4.98 Å². The van der Waals surface area contributed by atoms with Crippen LogP contribution < -0.4 is 25.1 Å². The summed E-state index contributed by atoms with van der Waals surface area (Å²) in [6.45, 7) is 4.14.